The van der Waals surface area contributed by atoms with Gasteiger partial charge in [0, 0.05) is 17.8 Å². The predicted octanol–water partition coefficient (Wildman–Crippen LogP) is 4.74. The van der Waals surface area contributed by atoms with Gasteiger partial charge in [-0.3, -0.25) is 4.79 Å². The molecule has 2 unspecified atom stereocenters. The summed E-state index contributed by atoms with van der Waals surface area (Å²) in [6.07, 6.45) is 3.24. The SMILES string of the molecule is CCOC(=O)c1c(C)c(-c2ccccc2)n(CC(=O)N2C(C)CCCC2C)c1C. The van der Waals surface area contributed by atoms with E-state index in [0.29, 0.717) is 12.2 Å². The smallest absolute Gasteiger partial charge is 0.340 e. The van der Waals surface area contributed by atoms with E-state index in [1.54, 1.807) is 6.92 Å². The summed E-state index contributed by atoms with van der Waals surface area (Å²) in [6.45, 7) is 10.5. The Morgan fingerprint density at radius 2 is 1.69 bits per heavy atom. The maximum atomic E-state index is 13.3. The molecule has 0 saturated carbocycles. The van der Waals surface area contributed by atoms with E-state index in [2.05, 4.69) is 13.8 Å². The van der Waals surface area contributed by atoms with Gasteiger partial charge in [0.25, 0.3) is 0 Å². The maximum absolute atomic E-state index is 13.3. The Kier molecular flexibility index (Phi) is 6.46. The first-order chi connectivity index (χ1) is 13.9. The lowest BCUT2D eigenvalue weighted by atomic mass is 9.97. The van der Waals surface area contributed by atoms with Crippen LogP contribution in [0.5, 0.6) is 0 Å². The van der Waals surface area contributed by atoms with E-state index in [1.165, 1.54) is 0 Å². The summed E-state index contributed by atoms with van der Waals surface area (Å²) in [5.74, 6) is -0.221. The molecule has 156 valence electrons. The molecule has 29 heavy (non-hydrogen) atoms. The van der Waals surface area contributed by atoms with Gasteiger partial charge < -0.3 is 14.2 Å². The molecule has 1 amide bonds. The molecule has 0 radical (unpaired) electrons. The number of benzene rings is 1. The van der Waals surface area contributed by atoms with Crippen molar-refractivity contribution in [3.8, 4) is 11.3 Å². The Morgan fingerprint density at radius 3 is 2.28 bits per heavy atom. The molecule has 0 bridgehead atoms. The van der Waals surface area contributed by atoms with Crippen LogP contribution in [0.2, 0.25) is 0 Å². The minimum Gasteiger partial charge on any atom is -0.462 e. The minimum absolute atomic E-state index is 0.107. The topological polar surface area (TPSA) is 51.5 Å². The highest BCUT2D eigenvalue weighted by atomic mass is 16.5. The van der Waals surface area contributed by atoms with E-state index in [4.69, 9.17) is 4.74 Å². The zero-order chi connectivity index (χ0) is 21.1. The Balaban J connectivity index is 2.06. The molecule has 1 aromatic carbocycles. The lowest BCUT2D eigenvalue weighted by Crippen LogP contribution is -2.48. The second-order valence-corrected chi connectivity index (χ2v) is 8.04. The van der Waals surface area contributed by atoms with E-state index >= 15 is 0 Å². The average Bonchev–Trinajstić information content (AvgIpc) is 2.92. The number of ether oxygens (including phenoxy) is 1. The van der Waals surface area contributed by atoms with Crippen LogP contribution >= 0.6 is 0 Å². The van der Waals surface area contributed by atoms with Crippen LogP contribution in [-0.4, -0.2) is 40.0 Å². The second-order valence-electron chi connectivity index (χ2n) is 8.04. The van der Waals surface area contributed by atoms with E-state index < -0.39 is 0 Å². The first-order valence-electron chi connectivity index (χ1n) is 10.6. The Labute approximate surface area is 173 Å². The molecule has 5 nitrogen and oxygen atoms in total. The van der Waals surface area contributed by atoms with Gasteiger partial charge in [-0.1, -0.05) is 30.3 Å². The highest BCUT2D eigenvalue weighted by Gasteiger charge is 2.31. The summed E-state index contributed by atoms with van der Waals surface area (Å²) < 4.78 is 7.29. The average molecular weight is 397 g/mol. The molecule has 3 rings (SSSR count). The number of piperidine rings is 1. The molecule has 2 heterocycles. The number of aromatic nitrogens is 1. The van der Waals surface area contributed by atoms with Crippen LogP contribution in [0.15, 0.2) is 30.3 Å². The van der Waals surface area contributed by atoms with Gasteiger partial charge in [-0.05, 0) is 65.0 Å². The van der Waals surface area contributed by atoms with Gasteiger partial charge in [-0.25, -0.2) is 4.79 Å². The third-order valence-corrected chi connectivity index (χ3v) is 6.07. The van der Waals surface area contributed by atoms with Crippen molar-refractivity contribution in [2.75, 3.05) is 6.61 Å². The molecule has 0 N–H and O–H groups in total. The molecule has 1 saturated heterocycles. The van der Waals surface area contributed by atoms with Gasteiger partial charge in [-0.2, -0.15) is 0 Å². The van der Waals surface area contributed by atoms with Crippen molar-refractivity contribution < 1.29 is 14.3 Å². The molecule has 0 aliphatic carbocycles. The van der Waals surface area contributed by atoms with Crippen molar-refractivity contribution in [3.63, 3.8) is 0 Å². The lowest BCUT2D eigenvalue weighted by Gasteiger charge is -2.39. The molecule has 2 atom stereocenters. The highest BCUT2D eigenvalue weighted by Crippen LogP contribution is 2.32. The Morgan fingerprint density at radius 1 is 1.07 bits per heavy atom. The summed E-state index contributed by atoms with van der Waals surface area (Å²) >= 11 is 0. The van der Waals surface area contributed by atoms with Gasteiger partial charge in [0.1, 0.15) is 6.54 Å². The number of amides is 1. The molecule has 1 aliphatic rings. The van der Waals surface area contributed by atoms with Crippen LogP contribution in [-0.2, 0) is 16.1 Å². The van der Waals surface area contributed by atoms with Gasteiger partial charge in [0.2, 0.25) is 5.91 Å². The summed E-state index contributed by atoms with van der Waals surface area (Å²) in [6, 6.07) is 10.4. The molecular formula is C24H32N2O3. The molecular weight excluding hydrogens is 364 g/mol. The highest BCUT2D eigenvalue weighted by molar-refractivity contribution is 5.95. The molecule has 0 spiro atoms. The fourth-order valence-corrected chi connectivity index (χ4v) is 4.69. The zero-order valence-corrected chi connectivity index (χ0v) is 18.2. The van der Waals surface area contributed by atoms with Crippen LogP contribution in [0, 0.1) is 13.8 Å². The number of nitrogens with zero attached hydrogens (tertiary/aromatic N) is 2. The largest absolute Gasteiger partial charge is 0.462 e. The first kappa shape index (κ1) is 21.2. The third-order valence-electron chi connectivity index (χ3n) is 6.07. The summed E-state index contributed by atoms with van der Waals surface area (Å²) in [5, 5.41) is 0. The van der Waals surface area contributed by atoms with Gasteiger partial charge in [0.05, 0.1) is 17.9 Å². The van der Waals surface area contributed by atoms with Crippen molar-refractivity contribution in [2.45, 2.75) is 72.5 Å². The lowest BCUT2D eigenvalue weighted by molar-refractivity contribution is -0.137. The standard InChI is InChI=1S/C24H32N2O3/c1-6-29-24(28)22-18(4)23(20-13-8-7-9-14-20)25(19(22)5)15-21(27)26-16(2)11-10-12-17(26)3/h7-9,13-14,16-17H,6,10-12,15H2,1-5H3. The number of carbonyl (C=O) groups excluding carboxylic acids is 2. The number of hydrogen-bond acceptors (Lipinski definition) is 3. The summed E-state index contributed by atoms with van der Waals surface area (Å²) in [4.78, 5) is 28.0. The van der Waals surface area contributed by atoms with Crippen molar-refractivity contribution in [3.05, 3.63) is 47.2 Å². The Bertz CT molecular complexity index is 875. The molecule has 2 aromatic rings. The van der Waals surface area contributed by atoms with Crippen LogP contribution < -0.4 is 0 Å². The number of hydrogen-bond donors (Lipinski definition) is 0. The Hall–Kier alpha value is -2.56. The van der Waals surface area contributed by atoms with E-state index in [9.17, 15) is 9.59 Å². The molecule has 1 aliphatic heterocycles. The van der Waals surface area contributed by atoms with Crippen LogP contribution in [0.25, 0.3) is 11.3 Å². The molecule has 1 aromatic heterocycles. The normalized spacial score (nSPS) is 19.3. The zero-order valence-electron chi connectivity index (χ0n) is 18.2. The number of carbonyl (C=O) groups is 2. The fraction of sp³-hybridized carbons (Fsp3) is 0.500. The number of rotatable bonds is 5. The monoisotopic (exact) mass is 396 g/mol. The van der Waals surface area contributed by atoms with Crippen molar-refractivity contribution in [1.82, 2.24) is 9.47 Å². The van der Waals surface area contributed by atoms with Crippen LogP contribution in [0.1, 0.15) is 61.6 Å². The molecule has 5 heteroatoms. The minimum atomic E-state index is -0.328. The summed E-state index contributed by atoms with van der Waals surface area (Å²) in [7, 11) is 0. The van der Waals surface area contributed by atoms with Crippen LogP contribution in [0.3, 0.4) is 0 Å². The van der Waals surface area contributed by atoms with Gasteiger partial charge >= 0.3 is 5.97 Å². The van der Waals surface area contributed by atoms with Gasteiger partial charge in [0.15, 0.2) is 0 Å². The quantitative estimate of drug-likeness (QED) is 0.686. The third kappa shape index (κ3) is 4.09. The van der Waals surface area contributed by atoms with Crippen molar-refractivity contribution in [2.24, 2.45) is 0 Å². The van der Waals surface area contributed by atoms with Crippen molar-refractivity contribution >= 4 is 11.9 Å². The molecule has 1 fully saturated rings. The number of likely N-dealkylation sites (tertiary alicyclic amines) is 1. The van der Waals surface area contributed by atoms with E-state index in [-0.39, 0.29) is 30.5 Å². The maximum Gasteiger partial charge on any atom is 0.340 e. The first-order valence-corrected chi connectivity index (χ1v) is 10.6. The van der Waals surface area contributed by atoms with E-state index in [1.807, 2.05) is 53.6 Å². The predicted molar refractivity (Wildman–Crippen MR) is 115 cm³/mol. The number of esters is 1. The van der Waals surface area contributed by atoms with Gasteiger partial charge in [-0.15, -0.1) is 0 Å². The fourth-order valence-electron chi connectivity index (χ4n) is 4.69. The van der Waals surface area contributed by atoms with Crippen molar-refractivity contribution in [1.29, 1.82) is 0 Å². The second kappa shape index (κ2) is 8.85. The van der Waals surface area contributed by atoms with Crippen LogP contribution in [0.4, 0.5) is 0 Å². The van der Waals surface area contributed by atoms with E-state index in [0.717, 1.165) is 41.8 Å². The summed E-state index contributed by atoms with van der Waals surface area (Å²) in [5.41, 5.74) is 4.12.